The summed E-state index contributed by atoms with van der Waals surface area (Å²) in [5.74, 6) is 0. The van der Waals surface area contributed by atoms with Gasteiger partial charge in [-0.15, -0.1) is 0 Å². The molecule has 1 aromatic heterocycles. The van der Waals surface area contributed by atoms with E-state index in [-0.39, 0.29) is 6.03 Å². The molecular weight excluding hydrogens is 230 g/mol. The van der Waals surface area contributed by atoms with E-state index in [4.69, 9.17) is 0 Å². The van der Waals surface area contributed by atoms with Gasteiger partial charge < -0.3 is 15.1 Å². The molecule has 1 N–H and O–H groups in total. The van der Waals surface area contributed by atoms with Gasteiger partial charge >= 0.3 is 6.03 Å². The van der Waals surface area contributed by atoms with E-state index in [0.29, 0.717) is 6.04 Å². The molecule has 98 valence electrons. The van der Waals surface area contributed by atoms with Crippen LogP contribution in [-0.4, -0.2) is 59.0 Å². The van der Waals surface area contributed by atoms with E-state index in [0.717, 1.165) is 31.6 Å². The Kier molecular flexibility index (Phi) is 3.96. The number of anilines is 1. The van der Waals surface area contributed by atoms with Gasteiger partial charge in [0.05, 0.1) is 18.1 Å². The van der Waals surface area contributed by atoms with E-state index in [1.807, 2.05) is 4.90 Å². The molecular formula is C12H19N5O. The SMILES string of the molecule is CN(C)C(=O)N1CCC(Nc2cncnc2)CC1. The van der Waals surface area contributed by atoms with Gasteiger partial charge in [0.1, 0.15) is 6.33 Å². The van der Waals surface area contributed by atoms with E-state index in [2.05, 4.69) is 15.3 Å². The molecule has 2 rings (SSSR count). The van der Waals surface area contributed by atoms with Gasteiger partial charge in [0.2, 0.25) is 0 Å². The summed E-state index contributed by atoms with van der Waals surface area (Å²) in [5, 5.41) is 3.39. The first-order valence-electron chi connectivity index (χ1n) is 6.14. The number of rotatable bonds is 2. The third-order valence-corrected chi connectivity index (χ3v) is 3.08. The molecule has 0 unspecified atom stereocenters. The molecule has 1 aromatic rings. The van der Waals surface area contributed by atoms with Crippen molar-refractivity contribution in [2.45, 2.75) is 18.9 Å². The first kappa shape index (κ1) is 12.6. The van der Waals surface area contributed by atoms with Crippen LogP contribution in [0.3, 0.4) is 0 Å². The number of carbonyl (C=O) groups is 1. The number of aromatic nitrogens is 2. The summed E-state index contributed by atoms with van der Waals surface area (Å²) in [6.45, 7) is 1.59. The molecule has 1 saturated heterocycles. The Labute approximate surface area is 107 Å². The maximum Gasteiger partial charge on any atom is 0.319 e. The summed E-state index contributed by atoms with van der Waals surface area (Å²) >= 11 is 0. The van der Waals surface area contributed by atoms with Crippen LogP contribution in [0.1, 0.15) is 12.8 Å². The number of hydrogen-bond acceptors (Lipinski definition) is 4. The van der Waals surface area contributed by atoms with Crippen molar-refractivity contribution in [3.05, 3.63) is 18.7 Å². The Balaban J connectivity index is 1.82. The lowest BCUT2D eigenvalue weighted by Crippen LogP contribution is -2.46. The Morgan fingerprint density at radius 2 is 1.94 bits per heavy atom. The van der Waals surface area contributed by atoms with Crippen LogP contribution < -0.4 is 5.32 Å². The zero-order chi connectivity index (χ0) is 13.0. The van der Waals surface area contributed by atoms with Gasteiger partial charge in [-0.25, -0.2) is 14.8 Å². The highest BCUT2D eigenvalue weighted by molar-refractivity contribution is 5.73. The number of nitrogens with one attached hydrogen (secondary N) is 1. The molecule has 1 aliphatic rings. The third kappa shape index (κ3) is 3.09. The predicted molar refractivity (Wildman–Crippen MR) is 69.3 cm³/mol. The van der Waals surface area contributed by atoms with Crippen molar-refractivity contribution >= 4 is 11.7 Å². The first-order valence-corrected chi connectivity index (χ1v) is 6.14. The van der Waals surface area contributed by atoms with Crippen molar-refractivity contribution in [3.63, 3.8) is 0 Å². The number of amides is 2. The van der Waals surface area contributed by atoms with E-state index in [1.165, 1.54) is 6.33 Å². The smallest absolute Gasteiger partial charge is 0.319 e. The Hall–Kier alpha value is -1.85. The fourth-order valence-electron chi connectivity index (χ4n) is 2.11. The lowest BCUT2D eigenvalue weighted by molar-refractivity contribution is 0.158. The number of hydrogen-bond donors (Lipinski definition) is 1. The molecule has 2 amide bonds. The molecule has 1 fully saturated rings. The summed E-state index contributed by atoms with van der Waals surface area (Å²) in [6.07, 6.45) is 6.96. The van der Waals surface area contributed by atoms with Gasteiger partial charge in [-0.3, -0.25) is 0 Å². The minimum atomic E-state index is 0.0940. The third-order valence-electron chi connectivity index (χ3n) is 3.08. The summed E-state index contributed by atoms with van der Waals surface area (Å²) in [4.78, 5) is 23.2. The van der Waals surface area contributed by atoms with Crippen molar-refractivity contribution in [1.82, 2.24) is 19.8 Å². The van der Waals surface area contributed by atoms with Crippen LogP contribution in [-0.2, 0) is 0 Å². The van der Waals surface area contributed by atoms with Crippen LogP contribution in [0.4, 0.5) is 10.5 Å². The molecule has 0 atom stereocenters. The molecule has 0 aromatic carbocycles. The van der Waals surface area contributed by atoms with Gasteiger partial charge in [0.25, 0.3) is 0 Å². The molecule has 6 heteroatoms. The van der Waals surface area contributed by atoms with Gasteiger partial charge in [-0.05, 0) is 12.8 Å². The number of likely N-dealkylation sites (tertiary alicyclic amines) is 1. The van der Waals surface area contributed by atoms with Crippen LogP contribution in [0.2, 0.25) is 0 Å². The van der Waals surface area contributed by atoms with Crippen molar-refractivity contribution in [2.24, 2.45) is 0 Å². The monoisotopic (exact) mass is 249 g/mol. The second kappa shape index (κ2) is 5.66. The molecule has 0 bridgehead atoms. The topological polar surface area (TPSA) is 61.4 Å². The Morgan fingerprint density at radius 1 is 1.33 bits per heavy atom. The Morgan fingerprint density at radius 3 is 2.50 bits per heavy atom. The normalized spacial score (nSPS) is 16.4. The van der Waals surface area contributed by atoms with Crippen LogP contribution >= 0.6 is 0 Å². The zero-order valence-corrected chi connectivity index (χ0v) is 10.8. The number of urea groups is 1. The molecule has 18 heavy (non-hydrogen) atoms. The summed E-state index contributed by atoms with van der Waals surface area (Å²) in [7, 11) is 3.57. The number of nitrogens with zero attached hydrogens (tertiary/aromatic N) is 4. The van der Waals surface area contributed by atoms with Crippen LogP contribution in [0.15, 0.2) is 18.7 Å². The number of carbonyl (C=O) groups excluding carboxylic acids is 1. The first-order chi connectivity index (χ1) is 8.66. The number of piperidine rings is 1. The van der Waals surface area contributed by atoms with Crippen molar-refractivity contribution in [1.29, 1.82) is 0 Å². The van der Waals surface area contributed by atoms with Crippen molar-refractivity contribution in [3.8, 4) is 0 Å². The van der Waals surface area contributed by atoms with Crippen LogP contribution in [0, 0.1) is 0 Å². The summed E-state index contributed by atoms with van der Waals surface area (Å²) < 4.78 is 0. The largest absolute Gasteiger partial charge is 0.380 e. The zero-order valence-electron chi connectivity index (χ0n) is 10.8. The molecule has 1 aliphatic heterocycles. The van der Waals surface area contributed by atoms with Gasteiger partial charge in [0, 0.05) is 33.2 Å². The highest BCUT2D eigenvalue weighted by Crippen LogP contribution is 2.15. The molecule has 6 nitrogen and oxygen atoms in total. The quantitative estimate of drug-likeness (QED) is 0.850. The van der Waals surface area contributed by atoms with Crippen molar-refractivity contribution < 1.29 is 4.79 Å². The van der Waals surface area contributed by atoms with E-state index in [9.17, 15) is 4.79 Å². The van der Waals surface area contributed by atoms with E-state index in [1.54, 1.807) is 31.4 Å². The maximum atomic E-state index is 11.8. The molecule has 0 saturated carbocycles. The lowest BCUT2D eigenvalue weighted by Gasteiger charge is -2.34. The average Bonchev–Trinajstić information content (AvgIpc) is 2.40. The maximum absolute atomic E-state index is 11.8. The second-order valence-corrected chi connectivity index (χ2v) is 4.71. The van der Waals surface area contributed by atoms with Gasteiger partial charge in [0.15, 0.2) is 0 Å². The highest BCUT2D eigenvalue weighted by Gasteiger charge is 2.23. The van der Waals surface area contributed by atoms with Crippen LogP contribution in [0.5, 0.6) is 0 Å². The summed E-state index contributed by atoms with van der Waals surface area (Å²) in [5.41, 5.74) is 0.940. The minimum absolute atomic E-state index is 0.0940. The Bertz CT molecular complexity index is 387. The van der Waals surface area contributed by atoms with E-state index >= 15 is 0 Å². The predicted octanol–water partition coefficient (Wildman–Crippen LogP) is 1.03. The fourth-order valence-corrected chi connectivity index (χ4v) is 2.11. The molecule has 0 radical (unpaired) electrons. The second-order valence-electron chi connectivity index (χ2n) is 4.71. The summed E-state index contributed by atoms with van der Waals surface area (Å²) in [6, 6.07) is 0.485. The molecule has 2 heterocycles. The van der Waals surface area contributed by atoms with E-state index < -0.39 is 0 Å². The standard InChI is InChI=1S/C12H19N5O/c1-16(2)12(18)17-5-3-10(4-6-17)15-11-7-13-9-14-8-11/h7-10,15H,3-6H2,1-2H3. The molecule has 0 aliphatic carbocycles. The minimum Gasteiger partial charge on any atom is -0.380 e. The van der Waals surface area contributed by atoms with Gasteiger partial charge in [-0.1, -0.05) is 0 Å². The average molecular weight is 249 g/mol. The fraction of sp³-hybridized carbons (Fsp3) is 0.583. The van der Waals surface area contributed by atoms with Gasteiger partial charge in [-0.2, -0.15) is 0 Å². The lowest BCUT2D eigenvalue weighted by atomic mass is 10.1. The van der Waals surface area contributed by atoms with Crippen LogP contribution in [0.25, 0.3) is 0 Å². The highest BCUT2D eigenvalue weighted by atomic mass is 16.2. The molecule has 0 spiro atoms. The van der Waals surface area contributed by atoms with Crippen molar-refractivity contribution in [2.75, 3.05) is 32.5 Å².